The number of carbonyl (C=O) groups excluding carboxylic acids is 2. The highest BCUT2D eigenvalue weighted by Crippen LogP contribution is 2.26. The smallest absolute Gasteiger partial charge is 0.339 e. The first-order valence-corrected chi connectivity index (χ1v) is 8.32. The lowest BCUT2D eigenvalue weighted by atomic mass is 10.1. The Balaban J connectivity index is 2.10. The first-order valence-electron chi connectivity index (χ1n) is 7.13. The maximum atomic E-state index is 12.3. The summed E-state index contributed by atoms with van der Waals surface area (Å²) < 4.78 is 5.62. The Bertz CT molecular complexity index is 730. The van der Waals surface area contributed by atoms with Gasteiger partial charge in [0, 0.05) is 4.88 Å². The van der Waals surface area contributed by atoms with Crippen LogP contribution in [0.5, 0.6) is 0 Å². The summed E-state index contributed by atoms with van der Waals surface area (Å²) in [4.78, 5) is 29.2. The fourth-order valence-corrected chi connectivity index (χ4v) is 3.08. The first kappa shape index (κ1) is 17.4. The molecule has 0 bridgehead atoms. The van der Waals surface area contributed by atoms with Gasteiger partial charge in [-0.25, -0.2) is 9.78 Å². The van der Waals surface area contributed by atoms with Crippen LogP contribution in [0, 0.1) is 6.92 Å². The quantitative estimate of drug-likeness (QED) is 0.831. The third-order valence-corrected chi connectivity index (χ3v) is 4.60. The molecule has 122 valence electrons. The third-order valence-electron chi connectivity index (χ3n) is 3.18. The summed E-state index contributed by atoms with van der Waals surface area (Å²) >= 11 is 7.32. The number of ether oxygens (including phenoxy) is 1. The minimum absolute atomic E-state index is 0.174. The van der Waals surface area contributed by atoms with Crippen LogP contribution in [0.1, 0.15) is 51.3 Å². The van der Waals surface area contributed by atoms with Gasteiger partial charge in [-0.1, -0.05) is 11.6 Å². The lowest BCUT2D eigenvalue weighted by Crippen LogP contribution is -2.27. The molecule has 1 N–H and O–H groups in total. The number of aromatic nitrogens is 1. The Hall–Kier alpha value is -1.92. The van der Waals surface area contributed by atoms with Crippen molar-refractivity contribution in [3.63, 3.8) is 0 Å². The van der Waals surface area contributed by atoms with Crippen molar-refractivity contribution in [3.8, 4) is 0 Å². The van der Waals surface area contributed by atoms with Crippen molar-refractivity contribution in [2.45, 2.75) is 26.8 Å². The molecule has 0 fully saturated rings. The molecule has 0 saturated heterocycles. The molecule has 1 atom stereocenters. The number of pyridine rings is 1. The average Bonchev–Trinajstić information content (AvgIpc) is 2.94. The fourth-order valence-electron chi connectivity index (χ4n) is 2.01. The Morgan fingerprint density at radius 1 is 1.35 bits per heavy atom. The highest BCUT2D eigenvalue weighted by Gasteiger charge is 2.17. The molecule has 0 aliphatic carbocycles. The molecule has 23 heavy (non-hydrogen) atoms. The van der Waals surface area contributed by atoms with Crippen molar-refractivity contribution in [1.82, 2.24) is 10.3 Å². The van der Waals surface area contributed by atoms with E-state index < -0.39 is 5.97 Å². The summed E-state index contributed by atoms with van der Waals surface area (Å²) in [7, 11) is 0. The summed E-state index contributed by atoms with van der Waals surface area (Å²) in [6.07, 6.45) is 0. The number of halogens is 1. The predicted octanol–water partition coefficient (Wildman–Crippen LogP) is 3.77. The van der Waals surface area contributed by atoms with Crippen LogP contribution in [-0.2, 0) is 4.74 Å². The van der Waals surface area contributed by atoms with Crippen molar-refractivity contribution >= 4 is 34.8 Å². The Morgan fingerprint density at radius 3 is 2.65 bits per heavy atom. The lowest BCUT2D eigenvalue weighted by molar-refractivity contribution is 0.0524. The minimum Gasteiger partial charge on any atom is -0.462 e. The summed E-state index contributed by atoms with van der Waals surface area (Å²) in [6.45, 7) is 5.58. The number of nitrogens with one attached hydrogen (secondary N) is 1. The van der Waals surface area contributed by atoms with Gasteiger partial charge in [0.05, 0.1) is 28.2 Å². The molecule has 0 aromatic carbocycles. The van der Waals surface area contributed by atoms with Crippen LogP contribution < -0.4 is 5.32 Å². The van der Waals surface area contributed by atoms with E-state index in [0.717, 1.165) is 4.88 Å². The monoisotopic (exact) mass is 352 g/mol. The van der Waals surface area contributed by atoms with Crippen LogP contribution in [0.4, 0.5) is 0 Å². The van der Waals surface area contributed by atoms with Crippen molar-refractivity contribution in [3.05, 3.63) is 50.4 Å². The van der Waals surface area contributed by atoms with Gasteiger partial charge in [-0.3, -0.25) is 4.79 Å². The van der Waals surface area contributed by atoms with Gasteiger partial charge in [0.1, 0.15) is 5.69 Å². The van der Waals surface area contributed by atoms with E-state index in [1.165, 1.54) is 17.4 Å². The molecule has 0 aliphatic rings. The topological polar surface area (TPSA) is 68.3 Å². The summed E-state index contributed by atoms with van der Waals surface area (Å²) in [5.74, 6) is -0.744. The van der Waals surface area contributed by atoms with Crippen LogP contribution in [0.15, 0.2) is 24.3 Å². The van der Waals surface area contributed by atoms with Gasteiger partial charge in [-0.15, -0.1) is 11.3 Å². The molecule has 1 amide bonds. The lowest BCUT2D eigenvalue weighted by Gasteiger charge is -2.12. The number of hydrogen-bond acceptors (Lipinski definition) is 5. The van der Waals surface area contributed by atoms with Crippen molar-refractivity contribution < 1.29 is 14.3 Å². The molecule has 1 unspecified atom stereocenters. The fraction of sp³-hybridized carbons (Fsp3) is 0.312. The summed E-state index contributed by atoms with van der Waals surface area (Å²) in [5, 5.41) is 2.86. The standard InChI is InChI=1S/C16H17ClN2O3S/c1-4-22-16(21)11-5-6-12(18-9(11)2)15(20)19-10(3)13-7-8-14(17)23-13/h5-8,10H,4H2,1-3H3,(H,19,20). The number of esters is 1. The molecule has 0 aliphatic heterocycles. The van der Waals surface area contributed by atoms with Crippen molar-refractivity contribution in [1.29, 1.82) is 0 Å². The van der Waals surface area contributed by atoms with E-state index >= 15 is 0 Å². The molecule has 0 radical (unpaired) electrons. The number of nitrogens with zero attached hydrogens (tertiary/aromatic N) is 1. The van der Waals surface area contributed by atoms with Crippen molar-refractivity contribution in [2.75, 3.05) is 6.61 Å². The van der Waals surface area contributed by atoms with Gasteiger partial charge < -0.3 is 10.1 Å². The van der Waals surface area contributed by atoms with E-state index in [-0.39, 0.29) is 17.6 Å². The number of hydrogen-bond donors (Lipinski definition) is 1. The molecule has 2 heterocycles. The van der Waals surface area contributed by atoms with Gasteiger partial charge in [0.2, 0.25) is 0 Å². The molecule has 7 heteroatoms. The zero-order valence-electron chi connectivity index (χ0n) is 13.1. The van der Waals surface area contributed by atoms with E-state index in [1.54, 1.807) is 26.0 Å². The van der Waals surface area contributed by atoms with E-state index in [1.807, 2.05) is 13.0 Å². The van der Waals surface area contributed by atoms with E-state index in [9.17, 15) is 9.59 Å². The number of thiophene rings is 1. The first-order chi connectivity index (χ1) is 10.9. The van der Waals surface area contributed by atoms with Gasteiger partial charge in [-0.2, -0.15) is 0 Å². The number of amides is 1. The van der Waals surface area contributed by atoms with E-state index in [2.05, 4.69) is 10.3 Å². The predicted molar refractivity (Wildman–Crippen MR) is 90.1 cm³/mol. The van der Waals surface area contributed by atoms with Gasteiger partial charge in [0.15, 0.2) is 0 Å². The number of rotatable bonds is 5. The van der Waals surface area contributed by atoms with Crippen LogP contribution >= 0.6 is 22.9 Å². The maximum absolute atomic E-state index is 12.3. The second-order valence-electron chi connectivity index (χ2n) is 4.89. The zero-order chi connectivity index (χ0) is 17.0. The van der Waals surface area contributed by atoms with Crippen LogP contribution in [0.3, 0.4) is 0 Å². The normalized spacial score (nSPS) is 11.8. The van der Waals surface area contributed by atoms with Crippen molar-refractivity contribution in [2.24, 2.45) is 0 Å². The second-order valence-corrected chi connectivity index (χ2v) is 6.63. The Kier molecular flexibility index (Phi) is 5.74. The summed E-state index contributed by atoms with van der Waals surface area (Å²) in [6, 6.07) is 6.57. The molecule has 0 spiro atoms. The molecule has 5 nitrogen and oxygen atoms in total. The van der Waals surface area contributed by atoms with Gasteiger partial charge >= 0.3 is 5.97 Å². The average molecular weight is 353 g/mol. The van der Waals surface area contributed by atoms with E-state index in [4.69, 9.17) is 16.3 Å². The highest BCUT2D eigenvalue weighted by molar-refractivity contribution is 7.16. The third kappa shape index (κ3) is 4.30. The maximum Gasteiger partial charge on any atom is 0.339 e. The van der Waals surface area contributed by atoms with E-state index in [0.29, 0.717) is 22.2 Å². The van der Waals surface area contributed by atoms with Crippen LogP contribution in [-0.4, -0.2) is 23.5 Å². The molecular formula is C16H17ClN2O3S. The molecular weight excluding hydrogens is 336 g/mol. The number of aryl methyl sites for hydroxylation is 1. The molecule has 2 aromatic heterocycles. The largest absolute Gasteiger partial charge is 0.462 e. The SMILES string of the molecule is CCOC(=O)c1ccc(C(=O)NC(C)c2ccc(Cl)s2)nc1C. The minimum atomic E-state index is -0.439. The zero-order valence-corrected chi connectivity index (χ0v) is 14.6. The van der Waals surface area contributed by atoms with Crippen LogP contribution in [0.2, 0.25) is 4.34 Å². The second kappa shape index (κ2) is 7.57. The molecule has 2 aromatic rings. The summed E-state index contributed by atoms with van der Waals surface area (Å²) in [5.41, 5.74) is 1.08. The number of carbonyl (C=O) groups is 2. The van der Waals surface area contributed by atoms with Crippen LogP contribution in [0.25, 0.3) is 0 Å². The Morgan fingerprint density at radius 2 is 2.09 bits per heavy atom. The highest BCUT2D eigenvalue weighted by atomic mass is 35.5. The molecule has 0 saturated carbocycles. The Labute approximate surface area is 143 Å². The van der Waals surface area contributed by atoms with Gasteiger partial charge in [0.25, 0.3) is 5.91 Å². The molecule has 2 rings (SSSR count). The van der Waals surface area contributed by atoms with Gasteiger partial charge in [-0.05, 0) is 45.0 Å².